The Bertz CT molecular complexity index is 675. The van der Waals surface area contributed by atoms with E-state index in [1.807, 2.05) is 0 Å². The quantitative estimate of drug-likeness (QED) is 0.427. The fraction of sp³-hybridized carbons (Fsp3) is 0.412. The minimum Gasteiger partial charge on any atom is -0.468 e. The lowest BCUT2D eigenvalue weighted by Gasteiger charge is -2.27. The minimum atomic E-state index is -1.43. The number of hydrogen-bond acceptors (Lipinski definition) is 7. The van der Waals surface area contributed by atoms with E-state index in [1.54, 1.807) is 12.1 Å². The Morgan fingerprint density at radius 1 is 0.923 bits per heavy atom. The summed E-state index contributed by atoms with van der Waals surface area (Å²) in [6.45, 7) is 1.42. The smallest absolute Gasteiger partial charge is 0.328 e. The highest BCUT2D eigenvalue weighted by atomic mass is 35.5. The summed E-state index contributed by atoms with van der Waals surface area (Å²) in [5.41, 5.74) is 0.128. The molecule has 1 N–H and O–H groups in total. The van der Waals surface area contributed by atoms with Gasteiger partial charge in [-0.3, -0.25) is 14.4 Å². The van der Waals surface area contributed by atoms with Gasteiger partial charge < -0.3 is 19.5 Å². The number of esters is 3. The number of amides is 1. The zero-order valence-electron chi connectivity index (χ0n) is 14.8. The van der Waals surface area contributed by atoms with Crippen molar-refractivity contribution in [2.75, 3.05) is 21.3 Å². The van der Waals surface area contributed by atoms with E-state index in [9.17, 15) is 19.2 Å². The zero-order chi connectivity index (χ0) is 19.9. The van der Waals surface area contributed by atoms with Crippen LogP contribution in [0.2, 0.25) is 5.02 Å². The first kappa shape index (κ1) is 21.4. The molecule has 0 heterocycles. The second-order valence-electron chi connectivity index (χ2n) is 5.34. The molecule has 1 aromatic rings. The van der Waals surface area contributed by atoms with Crippen molar-refractivity contribution in [2.45, 2.75) is 13.0 Å². The number of benzene rings is 1. The van der Waals surface area contributed by atoms with Gasteiger partial charge >= 0.3 is 17.9 Å². The van der Waals surface area contributed by atoms with Crippen molar-refractivity contribution in [2.24, 2.45) is 11.8 Å². The fourth-order valence-electron chi connectivity index (χ4n) is 2.37. The van der Waals surface area contributed by atoms with Gasteiger partial charge in [-0.15, -0.1) is 0 Å². The number of carbonyl (C=O) groups is 4. The van der Waals surface area contributed by atoms with Crippen molar-refractivity contribution in [1.82, 2.24) is 5.32 Å². The molecule has 0 saturated carbocycles. The lowest BCUT2D eigenvalue weighted by atomic mass is 9.87. The molecule has 0 aliphatic heterocycles. The summed E-state index contributed by atoms with van der Waals surface area (Å²) in [4.78, 5) is 48.6. The highest BCUT2D eigenvalue weighted by Crippen LogP contribution is 2.22. The molecule has 0 spiro atoms. The van der Waals surface area contributed by atoms with Gasteiger partial charge in [-0.1, -0.05) is 30.7 Å². The summed E-state index contributed by atoms with van der Waals surface area (Å²) in [7, 11) is 3.32. The van der Waals surface area contributed by atoms with E-state index in [-0.39, 0.29) is 10.6 Å². The maximum Gasteiger partial charge on any atom is 0.328 e. The monoisotopic (exact) mass is 385 g/mol. The molecule has 8 nitrogen and oxygen atoms in total. The normalized spacial score (nSPS) is 12.7. The van der Waals surface area contributed by atoms with Gasteiger partial charge in [0.15, 0.2) is 5.92 Å². The van der Waals surface area contributed by atoms with Crippen molar-refractivity contribution in [1.29, 1.82) is 0 Å². The standard InChI is InChI=1S/C17H20ClNO7/c1-9(12(15(21)24-2)16(22)25-3)13(17(23)26-4)19-14(20)10-7-5-6-8-11(10)18/h5-9,12-13H,1-4H3,(H,19,20)/t9-,13-/m0/s1. The second kappa shape index (κ2) is 9.76. The van der Waals surface area contributed by atoms with Crippen LogP contribution in [-0.2, 0) is 28.6 Å². The zero-order valence-corrected chi connectivity index (χ0v) is 15.5. The van der Waals surface area contributed by atoms with Gasteiger partial charge in [-0.05, 0) is 12.1 Å². The van der Waals surface area contributed by atoms with Crippen LogP contribution in [0, 0.1) is 11.8 Å². The average Bonchev–Trinajstić information content (AvgIpc) is 2.65. The van der Waals surface area contributed by atoms with E-state index >= 15 is 0 Å². The van der Waals surface area contributed by atoms with Gasteiger partial charge in [-0.2, -0.15) is 0 Å². The minimum absolute atomic E-state index is 0.128. The molecule has 1 rings (SSSR count). The van der Waals surface area contributed by atoms with Gasteiger partial charge in [0.1, 0.15) is 6.04 Å². The Hall–Kier alpha value is -2.61. The van der Waals surface area contributed by atoms with Gasteiger partial charge in [0, 0.05) is 5.92 Å². The lowest BCUT2D eigenvalue weighted by molar-refractivity contribution is -0.162. The Balaban J connectivity index is 3.17. The summed E-state index contributed by atoms with van der Waals surface area (Å²) >= 11 is 5.98. The number of methoxy groups -OCH3 is 3. The fourth-order valence-corrected chi connectivity index (χ4v) is 2.59. The molecule has 0 radical (unpaired) electrons. The van der Waals surface area contributed by atoms with Crippen LogP contribution >= 0.6 is 11.6 Å². The summed E-state index contributed by atoms with van der Waals surface area (Å²) in [6, 6.07) is 4.91. The van der Waals surface area contributed by atoms with Gasteiger partial charge in [0.25, 0.3) is 5.91 Å². The first-order valence-electron chi connectivity index (χ1n) is 7.57. The molecule has 9 heteroatoms. The predicted molar refractivity (Wildman–Crippen MR) is 91.4 cm³/mol. The SMILES string of the molecule is COC(=O)C(C(=O)OC)[C@H](C)[C@H](NC(=O)c1ccccc1Cl)C(=O)OC. The molecule has 0 unspecified atom stereocenters. The Kier molecular flexibility index (Phi) is 8.05. The molecule has 26 heavy (non-hydrogen) atoms. The first-order valence-corrected chi connectivity index (χ1v) is 7.95. The topological polar surface area (TPSA) is 108 Å². The average molecular weight is 386 g/mol. The van der Waals surface area contributed by atoms with Crippen molar-refractivity contribution in [3.05, 3.63) is 34.9 Å². The molecule has 0 aliphatic carbocycles. The van der Waals surface area contributed by atoms with E-state index < -0.39 is 41.7 Å². The lowest BCUT2D eigenvalue weighted by Crippen LogP contribution is -2.51. The van der Waals surface area contributed by atoms with Crippen LogP contribution in [0.25, 0.3) is 0 Å². The van der Waals surface area contributed by atoms with Crippen LogP contribution in [0.3, 0.4) is 0 Å². The van der Waals surface area contributed by atoms with E-state index in [4.69, 9.17) is 11.6 Å². The number of ether oxygens (including phenoxy) is 3. The Labute approximate surface area is 155 Å². The molecular weight excluding hydrogens is 366 g/mol. The molecule has 0 bridgehead atoms. The maximum absolute atomic E-state index is 12.5. The van der Waals surface area contributed by atoms with Gasteiger partial charge in [0.2, 0.25) is 0 Å². The van der Waals surface area contributed by atoms with Crippen LogP contribution in [-0.4, -0.2) is 51.2 Å². The first-order chi connectivity index (χ1) is 12.3. The highest BCUT2D eigenvalue weighted by molar-refractivity contribution is 6.33. The van der Waals surface area contributed by atoms with E-state index in [1.165, 1.54) is 19.1 Å². The van der Waals surface area contributed by atoms with Crippen molar-refractivity contribution in [3.63, 3.8) is 0 Å². The van der Waals surface area contributed by atoms with E-state index in [2.05, 4.69) is 19.5 Å². The van der Waals surface area contributed by atoms with Crippen LogP contribution < -0.4 is 5.32 Å². The van der Waals surface area contributed by atoms with Gasteiger partial charge in [-0.25, -0.2) is 4.79 Å². The molecule has 0 aromatic heterocycles. The molecule has 0 aliphatic rings. The number of rotatable bonds is 7. The molecule has 1 aromatic carbocycles. The van der Waals surface area contributed by atoms with Crippen LogP contribution in [0.15, 0.2) is 24.3 Å². The summed E-state index contributed by atoms with van der Waals surface area (Å²) in [6.07, 6.45) is 0. The largest absolute Gasteiger partial charge is 0.468 e. The summed E-state index contributed by atoms with van der Waals surface area (Å²) in [5.74, 6) is -5.73. The molecular formula is C17H20ClNO7. The molecule has 0 saturated heterocycles. The maximum atomic E-state index is 12.5. The molecule has 2 atom stereocenters. The predicted octanol–water partition coefficient (Wildman–Crippen LogP) is 1.21. The number of carbonyl (C=O) groups excluding carboxylic acids is 4. The van der Waals surface area contributed by atoms with Crippen LogP contribution in [0.5, 0.6) is 0 Å². The highest BCUT2D eigenvalue weighted by Gasteiger charge is 2.42. The third kappa shape index (κ3) is 4.95. The third-order valence-electron chi connectivity index (χ3n) is 3.82. The second-order valence-corrected chi connectivity index (χ2v) is 5.74. The number of hydrogen-bond donors (Lipinski definition) is 1. The van der Waals surface area contributed by atoms with Crippen molar-refractivity contribution < 1.29 is 33.4 Å². The van der Waals surface area contributed by atoms with E-state index in [0.29, 0.717) is 0 Å². The van der Waals surface area contributed by atoms with E-state index in [0.717, 1.165) is 21.3 Å². The van der Waals surface area contributed by atoms with Crippen LogP contribution in [0.4, 0.5) is 0 Å². The van der Waals surface area contributed by atoms with Gasteiger partial charge in [0.05, 0.1) is 31.9 Å². The van der Waals surface area contributed by atoms with Crippen LogP contribution in [0.1, 0.15) is 17.3 Å². The Morgan fingerprint density at radius 2 is 1.42 bits per heavy atom. The number of halogens is 1. The van der Waals surface area contributed by atoms with Crippen molar-refractivity contribution in [3.8, 4) is 0 Å². The Morgan fingerprint density at radius 3 is 1.88 bits per heavy atom. The molecule has 1 amide bonds. The van der Waals surface area contributed by atoms with Crippen molar-refractivity contribution >= 4 is 35.4 Å². The molecule has 0 fully saturated rings. The summed E-state index contributed by atoms with van der Waals surface area (Å²) < 4.78 is 13.9. The molecule has 142 valence electrons. The third-order valence-corrected chi connectivity index (χ3v) is 4.15. The number of nitrogens with one attached hydrogen (secondary N) is 1. The summed E-state index contributed by atoms with van der Waals surface area (Å²) in [5, 5.41) is 2.63.